The largest absolute Gasteiger partial charge is 0.330 e. The number of rotatable bonds is 3. The Bertz CT molecular complexity index is 411. The van der Waals surface area contributed by atoms with Gasteiger partial charge in [-0.15, -0.1) is 0 Å². The summed E-state index contributed by atoms with van der Waals surface area (Å²) in [6, 6.07) is 5.45. The van der Waals surface area contributed by atoms with Gasteiger partial charge in [-0.1, -0.05) is 12.1 Å². The molecule has 1 saturated carbocycles. The van der Waals surface area contributed by atoms with E-state index >= 15 is 0 Å². The standard InChI is InChI=1S/C11H14N2O2/c1-8-2-3-9(6-10(8)13(14)15)11(7-12)4-5-11/h2-3,6H,4-5,7,12H2,1H3. The molecule has 0 amide bonds. The van der Waals surface area contributed by atoms with E-state index in [0.717, 1.165) is 18.4 Å². The number of nitrogens with two attached hydrogens (primary N) is 1. The van der Waals surface area contributed by atoms with E-state index in [2.05, 4.69) is 0 Å². The van der Waals surface area contributed by atoms with Crippen LogP contribution in [-0.4, -0.2) is 11.5 Å². The van der Waals surface area contributed by atoms with Crippen molar-refractivity contribution in [2.24, 2.45) is 5.73 Å². The highest BCUT2D eigenvalue weighted by molar-refractivity contribution is 5.46. The van der Waals surface area contributed by atoms with Gasteiger partial charge in [-0.05, 0) is 25.3 Å². The van der Waals surface area contributed by atoms with E-state index in [-0.39, 0.29) is 16.0 Å². The van der Waals surface area contributed by atoms with Crippen molar-refractivity contribution < 1.29 is 4.92 Å². The molecule has 2 N–H and O–H groups in total. The minimum absolute atomic E-state index is 0.0262. The van der Waals surface area contributed by atoms with Crippen LogP contribution >= 0.6 is 0 Å². The second-order valence-electron chi connectivity index (χ2n) is 4.24. The molecule has 0 aromatic heterocycles. The van der Waals surface area contributed by atoms with Gasteiger partial charge in [0, 0.05) is 23.6 Å². The Morgan fingerprint density at radius 3 is 2.67 bits per heavy atom. The van der Waals surface area contributed by atoms with Gasteiger partial charge in [-0.3, -0.25) is 10.1 Å². The van der Waals surface area contributed by atoms with Crippen LogP contribution in [0, 0.1) is 17.0 Å². The zero-order valence-corrected chi connectivity index (χ0v) is 8.69. The topological polar surface area (TPSA) is 69.2 Å². The lowest BCUT2D eigenvalue weighted by atomic mass is 9.94. The van der Waals surface area contributed by atoms with Crippen molar-refractivity contribution in [2.75, 3.05) is 6.54 Å². The summed E-state index contributed by atoms with van der Waals surface area (Å²) in [5, 5.41) is 10.8. The van der Waals surface area contributed by atoms with Crippen LogP contribution in [0.5, 0.6) is 0 Å². The average molecular weight is 206 g/mol. The monoisotopic (exact) mass is 206 g/mol. The van der Waals surface area contributed by atoms with E-state index in [1.165, 1.54) is 0 Å². The third kappa shape index (κ3) is 1.61. The molecule has 15 heavy (non-hydrogen) atoms. The number of benzene rings is 1. The first-order valence-electron chi connectivity index (χ1n) is 5.05. The van der Waals surface area contributed by atoms with Crippen molar-refractivity contribution in [3.05, 3.63) is 39.4 Å². The Balaban J connectivity index is 2.43. The third-order valence-electron chi connectivity index (χ3n) is 3.26. The van der Waals surface area contributed by atoms with Gasteiger partial charge in [-0.2, -0.15) is 0 Å². The molecule has 0 radical (unpaired) electrons. The van der Waals surface area contributed by atoms with Gasteiger partial charge in [-0.25, -0.2) is 0 Å². The first-order valence-corrected chi connectivity index (χ1v) is 5.05. The maximum absolute atomic E-state index is 10.8. The Hall–Kier alpha value is -1.42. The lowest BCUT2D eigenvalue weighted by Gasteiger charge is -2.12. The normalized spacial score (nSPS) is 17.5. The van der Waals surface area contributed by atoms with Gasteiger partial charge in [0.15, 0.2) is 0 Å². The zero-order valence-electron chi connectivity index (χ0n) is 8.69. The van der Waals surface area contributed by atoms with E-state index in [9.17, 15) is 10.1 Å². The summed E-state index contributed by atoms with van der Waals surface area (Å²) in [4.78, 5) is 10.5. The van der Waals surface area contributed by atoms with Crippen LogP contribution in [0.1, 0.15) is 24.0 Å². The zero-order chi connectivity index (χ0) is 11.1. The summed E-state index contributed by atoms with van der Waals surface area (Å²) in [6.07, 6.45) is 2.09. The van der Waals surface area contributed by atoms with Crippen LogP contribution in [0.4, 0.5) is 5.69 Å². The van der Waals surface area contributed by atoms with Gasteiger partial charge in [0.05, 0.1) is 4.92 Å². The van der Waals surface area contributed by atoms with Crippen molar-refractivity contribution in [3.63, 3.8) is 0 Å². The maximum atomic E-state index is 10.8. The second-order valence-corrected chi connectivity index (χ2v) is 4.24. The van der Waals surface area contributed by atoms with E-state index in [0.29, 0.717) is 12.1 Å². The number of hydrogen-bond donors (Lipinski definition) is 1. The first-order chi connectivity index (χ1) is 7.09. The third-order valence-corrected chi connectivity index (χ3v) is 3.26. The smallest absolute Gasteiger partial charge is 0.272 e. The van der Waals surface area contributed by atoms with Gasteiger partial charge in [0.1, 0.15) is 0 Å². The number of hydrogen-bond acceptors (Lipinski definition) is 3. The molecule has 0 unspecified atom stereocenters. The van der Waals surface area contributed by atoms with Crippen LogP contribution < -0.4 is 5.73 Å². The molecule has 1 aromatic carbocycles. The van der Waals surface area contributed by atoms with E-state index in [1.807, 2.05) is 12.1 Å². The number of nitro groups is 1. The molecule has 0 bridgehead atoms. The van der Waals surface area contributed by atoms with Crippen LogP contribution in [0.25, 0.3) is 0 Å². The highest BCUT2D eigenvalue weighted by Crippen LogP contribution is 2.48. The van der Waals surface area contributed by atoms with E-state index in [4.69, 9.17) is 5.73 Å². The fraction of sp³-hybridized carbons (Fsp3) is 0.455. The molecule has 4 heteroatoms. The Kier molecular flexibility index (Phi) is 2.23. The van der Waals surface area contributed by atoms with Crippen LogP contribution in [0.15, 0.2) is 18.2 Å². The SMILES string of the molecule is Cc1ccc(C2(CN)CC2)cc1[N+](=O)[O-]. The van der Waals surface area contributed by atoms with Crippen molar-refractivity contribution in [2.45, 2.75) is 25.2 Å². The van der Waals surface area contributed by atoms with E-state index in [1.54, 1.807) is 13.0 Å². The molecule has 4 nitrogen and oxygen atoms in total. The van der Waals surface area contributed by atoms with E-state index < -0.39 is 0 Å². The number of aryl methyl sites for hydroxylation is 1. The molecule has 1 aliphatic rings. The molecule has 1 aromatic rings. The maximum Gasteiger partial charge on any atom is 0.272 e. The average Bonchev–Trinajstić information content (AvgIpc) is 2.99. The Morgan fingerprint density at radius 2 is 2.20 bits per heavy atom. The molecule has 0 spiro atoms. The molecular weight excluding hydrogens is 192 g/mol. The molecular formula is C11H14N2O2. The predicted octanol–water partition coefficient (Wildman–Crippen LogP) is 1.89. The fourth-order valence-corrected chi connectivity index (χ4v) is 1.90. The Labute approximate surface area is 88.2 Å². The van der Waals surface area contributed by atoms with Crippen LogP contribution in [0.2, 0.25) is 0 Å². The van der Waals surface area contributed by atoms with Gasteiger partial charge < -0.3 is 5.73 Å². The molecule has 0 atom stereocenters. The van der Waals surface area contributed by atoms with Crippen LogP contribution in [-0.2, 0) is 5.41 Å². The first kappa shape index (κ1) is 10.1. The highest BCUT2D eigenvalue weighted by Gasteiger charge is 2.43. The predicted molar refractivity (Wildman–Crippen MR) is 57.8 cm³/mol. The Morgan fingerprint density at radius 1 is 1.53 bits per heavy atom. The quantitative estimate of drug-likeness (QED) is 0.606. The van der Waals surface area contributed by atoms with Crippen molar-refractivity contribution in [1.29, 1.82) is 0 Å². The van der Waals surface area contributed by atoms with Gasteiger partial charge in [0.2, 0.25) is 0 Å². The summed E-state index contributed by atoms with van der Waals surface area (Å²) in [5.41, 5.74) is 7.64. The molecule has 0 saturated heterocycles. The summed E-state index contributed by atoms with van der Waals surface area (Å²) < 4.78 is 0. The summed E-state index contributed by atoms with van der Waals surface area (Å²) in [5.74, 6) is 0. The van der Waals surface area contributed by atoms with Crippen molar-refractivity contribution >= 4 is 5.69 Å². The molecule has 2 rings (SSSR count). The molecule has 80 valence electrons. The van der Waals surface area contributed by atoms with Crippen molar-refractivity contribution in [1.82, 2.24) is 0 Å². The molecule has 1 aliphatic carbocycles. The molecule has 1 fully saturated rings. The highest BCUT2D eigenvalue weighted by atomic mass is 16.6. The minimum atomic E-state index is -0.328. The second kappa shape index (κ2) is 3.31. The summed E-state index contributed by atoms with van der Waals surface area (Å²) in [6.45, 7) is 2.33. The summed E-state index contributed by atoms with van der Waals surface area (Å²) >= 11 is 0. The number of nitro benzene ring substituents is 1. The fourth-order valence-electron chi connectivity index (χ4n) is 1.90. The van der Waals surface area contributed by atoms with Crippen molar-refractivity contribution in [3.8, 4) is 0 Å². The van der Waals surface area contributed by atoms with Gasteiger partial charge >= 0.3 is 0 Å². The molecule has 0 aliphatic heterocycles. The summed E-state index contributed by atoms with van der Waals surface area (Å²) in [7, 11) is 0. The van der Waals surface area contributed by atoms with Crippen LogP contribution in [0.3, 0.4) is 0 Å². The molecule has 0 heterocycles. The lowest BCUT2D eigenvalue weighted by molar-refractivity contribution is -0.385. The number of nitrogens with zero attached hydrogens (tertiary/aromatic N) is 1. The lowest BCUT2D eigenvalue weighted by Crippen LogP contribution is -2.19. The minimum Gasteiger partial charge on any atom is -0.330 e. The van der Waals surface area contributed by atoms with Gasteiger partial charge in [0.25, 0.3) is 5.69 Å².